The summed E-state index contributed by atoms with van der Waals surface area (Å²) in [5, 5.41) is 13.9. The molecule has 0 aromatic heterocycles. The molecular formula is C21H38N2O. The van der Waals surface area contributed by atoms with Crippen LogP contribution in [0, 0.1) is 34.5 Å². The van der Waals surface area contributed by atoms with Gasteiger partial charge in [0, 0.05) is 19.1 Å². The zero-order valence-corrected chi connectivity index (χ0v) is 15.8. The van der Waals surface area contributed by atoms with Gasteiger partial charge in [-0.2, -0.15) is 0 Å². The number of aliphatic hydroxyl groups is 1. The second-order valence-electron chi connectivity index (χ2n) is 10.0. The Hall–Kier alpha value is -0.120. The Morgan fingerprint density at radius 2 is 1.71 bits per heavy atom. The Kier molecular flexibility index (Phi) is 4.50. The molecule has 138 valence electrons. The summed E-state index contributed by atoms with van der Waals surface area (Å²) in [5.74, 6) is 3.54. The van der Waals surface area contributed by atoms with Crippen LogP contribution in [0.15, 0.2) is 0 Å². The maximum Gasteiger partial charge on any atom is 0.0543 e. The van der Waals surface area contributed by atoms with Crippen molar-refractivity contribution < 1.29 is 5.11 Å². The summed E-state index contributed by atoms with van der Waals surface area (Å²) in [6.07, 6.45) is 11.7. The third kappa shape index (κ3) is 2.49. The van der Waals surface area contributed by atoms with E-state index in [0.717, 1.165) is 49.6 Å². The lowest BCUT2D eigenvalue weighted by atomic mass is 9.45. The first-order valence-electron chi connectivity index (χ1n) is 10.6. The largest absolute Gasteiger partial charge is 0.393 e. The van der Waals surface area contributed by atoms with E-state index in [-0.39, 0.29) is 6.10 Å². The van der Waals surface area contributed by atoms with Crippen LogP contribution in [0.3, 0.4) is 0 Å². The SMILES string of the molecule is C[C@]12CC[C@@H](O)C[C@@H]1CC[C@H]1[C@H]3CC[C@H](NCCN)[C@@]3(C)CC[C@@H]12. The minimum Gasteiger partial charge on any atom is -0.393 e. The highest BCUT2D eigenvalue weighted by molar-refractivity contribution is 5.10. The van der Waals surface area contributed by atoms with Crippen molar-refractivity contribution in [2.45, 2.75) is 83.8 Å². The monoisotopic (exact) mass is 334 g/mol. The van der Waals surface area contributed by atoms with Gasteiger partial charge in [0.1, 0.15) is 0 Å². The predicted octanol–water partition coefficient (Wildman–Crippen LogP) is 3.31. The number of hydrogen-bond donors (Lipinski definition) is 3. The van der Waals surface area contributed by atoms with Crippen LogP contribution in [0.4, 0.5) is 0 Å². The van der Waals surface area contributed by atoms with Crippen LogP contribution in [0.1, 0.15) is 71.6 Å². The summed E-state index contributed by atoms with van der Waals surface area (Å²) in [7, 11) is 0. The van der Waals surface area contributed by atoms with E-state index in [0.29, 0.717) is 16.9 Å². The van der Waals surface area contributed by atoms with Gasteiger partial charge in [-0.25, -0.2) is 0 Å². The van der Waals surface area contributed by atoms with Crippen molar-refractivity contribution in [2.24, 2.45) is 40.2 Å². The molecule has 8 atom stereocenters. The molecule has 0 amide bonds. The Bertz CT molecular complexity index is 469. The normalized spacial score (nSPS) is 54.0. The minimum absolute atomic E-state index is 0.0233. The van der Waals surface area contributed by atoms with Crippen molar-refractivity contribution in [2.75, 3.05) is 13.1 Å². The van der Waals surface area contributed by atoms with Crippen molar-refractivity contribution in [3.63, 3.8) is 0 Å². The van der Waals surface area contributed by atoms with E-state index in [1.165, 1.54) is 44.9 Å². The van der Waals surface area contributed by atoms with Crippen LogP contribution < -0.4 is 11.1 Å². The molecule has 0 aromatic carbocycles. The first-order valence-corrected chi connectivity index (χ1v) is 10.6. The molecule has 0 aromatic rings. The van der Waals surface area contributed by atoms with Gasteiger partial charge in [0.2, 0.25) is 0 Å². The van der Waals surface area contributed by atoms with Gasteiger partial charge in [-0.3, -0.25) is 0 Å². The molecule has 3 nitrogen and oxygen atoms in total. The molecule has 0 radical (unpaired) electrons. The quantitative estimate of drug-likeness (QED) is 0.742. The van der Waals surface area contributed by atoms with Crippen molar-refractivity contribution in [1.29, 1.82) is 0 Å². The van der Waals surface area contributed by atoms with Gasteiger partial charge in [0.05, 0.1) is 6.10 Å². The predicted molar refractivity (Wildman–Crippen MR) is 98.6 cm³/mol. The van der Waals surface area contributed by atoms with E-state index in [1.54, 1.807) is 0 Å². The highest BCUT2D eigenvalue weighted by atomic mass is 16.3. The molecule has 4 rings (SSSR count). The maximum atomic E-state index is 10.1. The summed E-state index contributed by atoms with van der Waals surface area (Å²) < 4.78 is 0. The highest BCUT2D eigenvalue weighted by Gasteiger charge is 2.59. The Morgan fingerprint density at radius 1 is 0.958 bits per heavy atom. The lowest BCUT2D eigenvalue weighted by molar-refractivity contribution is -0.123. The molecule has 4 fully saturated rings. The number of nitrogens with one attached hydrogen (secondary N) is 1. The third-order valence-corrected chi connectivity index (χ3v) is 9.17. The first kappa shape index (κ1) is 17.3. The van der Waals surface area contributed by atoms with Gasteiger partial charge in [-0.1, -0.05) is 13.8 Å². The van der Waals surface area contributed by atoms with E-state index >= 15 is 0 Å². The third-order valence-electron chi connectivity index (χ3n) is 9.17. The number of aliphatic hydroxyl groups excluding tert-OH is 1. The van der Waals surface area contributed by atoms with Crippen molar-refractivity contribution in [1.82, 2.24) is 5.32 Å². The summed E-state index contributed by atoms with van der Waals surface area (Å²) in [5.41, 5.74) is 6.74. The lowest BCUT2D eigenvalue weighted by Crippen LogP contribution is -2.56. The molecule has 0 aliphatic heterocycles. The fourth-order valence-corrected chi connectivity index (χ4v) is 7.83. The van der Waals surface area contributed by atoms with Crippen LogP contribution in [0.25, 0.3) is 0 Å². The molecular weight excluding hydrogens is 296 g/mol. The van der Waals surface area contributed by atoms with Crippen LogP contribution in [-0.2, 0) is 0 Å². The van der Waals surface area contributed by atoms with Gasteiger partial charge in [-0.05, 0) is 92.3 Å². The zero-order chi connectivity index (χ0) is 16.9. The average molecular weight is 335 g/mol. The van der Waals surface area contributed by atoms with Crippen molar-refractivity contribution in [3.8, 4) is 0 Å². The highest BCUT2D eigenvalue weighted by Crippen LogP contribution is 2.66. The van der Waals surface area contributed by atoms with Crippen LogP contribution >= 0.6 is 0 Å². The smallest absolute Gasteiger partial charge is 0.0543 e. The van der Waals surface area contributed by atoms with Gasteiger partial charge in [-0.15, -0.1) is 0 Å². The molecule has 3 heteroatoms. The topological polar surface area (TPSA) is 58.3 Å². The Labute approximate surface area is 148 Å². The van der Waals surface area contributed by atoms with Gasteiger partial charge in [0.25, 0.3) is 0 Å². The molecule has 0 spiro atoms. The molecule has 0 heterocycles. The number of rotatable bonds is 3. The lowest BCUT2D eigenvalue weighted by Gasteiger charge is -2.61. The van der Waals surface area contributed by atoms with Crippen molar-refractivity contribution >= 4 is 0 Å². The first-order chi connectivity index (χ1) is 11.5. The van der Waals surface area contributed by atoms with E-state index in [2.05, 4.69) is 19.2 Å². The Balaban J connectivity index is 1.54. The minimum atomic E-state index is -0.0233. The molecule has 4 aliphatic carbocycles. The molecule has 24 heavy (non-hydrogen) atoms. The summed E-state index contributed by atoms with van der Waals surface area (Å²) in [6, 6.07) is 0.686. The van der Waals surface area contributed by atoms with Gasteiger partial charge in [0.15, 0.2) is 0 Å². The molecule has 0 bridgehead atoms. The second kappa shape index (κ2) is 6.25. The van der Waals surface area contributed by atoms with Crippen molar-refractivity contribution in [3.05, 3.63) is 0 Å². The zero-order valence-electron chi connectivity index (χ0n) is 15.8. The van der Waals surface area contributed by atoms with Gasteiger partial charge < -0.3 is 16.2 Å². The summed E-state index contributed by atoms with van der Waals surface area (Å²) >= 11 is 0. The average Bonchev–Trinajstić information content (AvgIpc) is 2.90. The van der Waals surface area contributed by atoms with Crippen LogP contribution in [0.5, 0.6) is 0 Å². The maximum absolute atomic E-state index is 10.1. The molecule has 0 saturated heterocycles. The van der Waals surface area contributed by atoms with Crippen LogP contribution in [0.2, 0.25) is 0 Å². The molecule has 4 aliphatic rings. The number of nitrogens with two attached hydrogens (primary N) is 1. The van der Waals surface area contributed by atoms with E-state index in [1.807, 2.05) is 0 Å². The molecule has 4 saturated carbocycles. The number of fused-ring (bicyclic) bond motifs is 5. The fraction of sp³-hybridized carbons (Fsp3) is 1.00. The van der Waals surface area contributed by atoms with Gasteiger partial charge >= 0.3 is 0 Å². The summed E-state index contributed by atoms with van der Waals surface area (Å²) in [6.45, 7) is 6.89. The molecule has 0 unspecified atom stereocenters. The standard InChI is InChI=1S/C21H38N2O/c1-20-9-7-15(24)13-14(20)3-4-16-17-5-6-19(23-12-11-22)21(17,2)10-8-18(16)20/h14-19,23-24H,3-13,22H2,1-2H3/t14-,15+,16-,17+,18-,19-,20-,21-/m0/s1. The second-order valence-corrected chi connectivity index (χ2v) is 10.0. The van der Waals surface area contributed by atoms with E-state index < -0.39 is 0 Å². The van der Waals surface area contributed by atoms with Crippen LogP contribution in [-0.4, -0.2) is 30.3 Å². The van der Waals surface area contributed by atoms with E-state index in [9.17, 15) is 5.11 Å². The van der Waals surface area contributed by atoms with E-state index in [4.69, 9.17) is 5.73 Å². The Morgan fingerprint density at radius 3 is 2.50 bits per heavy atom. The molecule has 4 N–H and O–H groups in total. The number of hydrogen-bond acceptors (Lipinski definition) is 3. The fourth-order valence-electron chi connectivity index (χ4n) is 7.83. The summed E-state index contributed by atoms with van der Waals surface area (Å²) in [4.78, 5) is 0.